The molecule has 2 fully saturated rings. The van der Waals surface area contributed by atoms with Crippen molar-refractivity contribution < 1.29 is 9.18 Å². The first-order chi connectivity index (χ1) is 21.2. The number of benzene rings is 2. The number of hydrogen-bond acceptors (Lipinski definition) is 6. The van der Waals surface area contributed by atoms with Crippen molar-refractivity contribution in [1.29, 1.82) is 0 Å². The topological polar surface area (TPSA) is 86.2 Å². The van der Waals surface area contributed by atoms with Crippen molar-refractivity contribution in [2.45, 2.75) is 45.7 Å². The van der Waals surface area contributed by atoms with Crippen LogP contribution >= 0.6 is 11.6 Å². The Bertz CT molecular complexity index is 2020. The number of pyridine rings is 1. The number of halogens is 2. The molecule has 0 aliphatic carbocycles. The Morgan fingerprint density at radius 1 is 1.09 bits per heavy atom. The molecular weight excluding hydrogens is 579 g/mol. The van der Waals surface area contributed by atoms with E-state index in [2.05, 4.69) is 45.9 Å². The molecule has 0 saturated carbocycles. The Morgan fingerprint density at radius 3 is 2.55 bits per heavy atom. The van der Waals surface area contributed by atoms with E-state index in [1.165, 1.54) is 0 Å². The molecular formula is C33H34ClFN8O. The molecule has 1 N–H and O–H groups in total. The highest BCUT2D eigenvalue weighted by Gasteiger charge is 2.34. The van der Waals surface area contributed by atoms with Crippen LogP contribution in [0.1, 0.15) is 36.9 Å². The Labute approximate surface area is 259 Å². The summed E-state index contributed by atoms with van der Waals surface area (Å²) >= 11 is 7.02. The maximum atomic E-state index is 17.1. The molecule has 226 valence electrons. The fraction of sp³-hybridized carbons (Fsp3) is 0.394. The molecule has 3 aromatic heterocycles. The van der Waals surface area contributed by atoms with Gasteiger partial charge in [0.2, 0.25) is 0 Å². The highest BCUT2D eigenvalue weighted by atomic mass is 35.5. The van der Waals surface area contributed by atoms with Gasteiger partial charge in [-0.3, -0.25) is 14.6 Å². The smallest absolute Gasteiger partial charge is 0.298 e. The molecule has 1 amide bonds. The molecule has 0 bridgehead atoms. The number of fused-ring (bicyclic) bond motifs is 4. The lowest BCUT2D eigenvalue weighted by Gasteiger charge is -2.43. The number of likely N-dealkylation sites (N-methyl/N-ethyl adjacent to an activating group) is 1. The van der Waals surface area contributed by atoms with Crippen LogP contribution < -0.4 is 4.90 Å². The Hall–Kier alpha value is -4.20. The monoisotopic (exact) mass is 612 g/mol. The number of piperidine rings is 1. The van der Waals surface area contributed by atoms with Crippen LogP contribution in [0.5, 0.6) is 0 Å². The summed E-state index contributed by atoms with van der Waals surface area (Å²) in [4.78, 5) is 23.6. The number of carbonyl (C=O) groups is 1. The van der Waals surface area contributed by atoms with Crippen molar-refractivity contribution in [3.05, 3.63) is 46.5 Å². The van der Waals surface area contributed by atoms with E-state index in [0.29, 0.717) is 35.1 Å². The molecule has 0 atom stereocenters. The molecule has 7 rings (SSSR count). The van der Waals surface area contributed by atoms with E-state index < -0.39 is 5.82 Å². The van der Waals surface area contributed by atoms with Gasteiger partial charge in [-0.15, -0.1) is 0 Å². The normalized spacial score (nSPS) is 16.3. The molecule has 0 radical (unpaired) electrons. The third-order valence-electron chi connectivity index (χ3n) is 9.44. The lowest BCUT2D eigenvalue weighted by molar-refractivity contribution is -0.126. The number of aromatic nitrogens is 5. The van der Waals surface area contributed by atoms with Gasteiger partial charge in [0.05, 0.1) is 39.9 Å². The molecule has 5 aromatic rings. The lowest BCUT2D eigenvalue weighted by Crippen LogP contribution is -2.57. The number of rotatable bonds is 4. The van der Waals surface area contributed by atoms with Gasteiger partial charge in [0.1, 0.15) is 11.3 Å². The third kappa shape index (κ3) is 4.41. The largest absolute Gasteiger partial charge is 0.353 e. The number of nitrogens with zero attached hydrogens (tertiary/aromatic N) is 7. The van der Waals surface area contributed by atoms with E-state index in [0.717, 1.165) is 70.2 Å². The number of H-pyrrole nitrogens is 1. The van der Waals surface area contributed by atoms with E-state index in [9.17, 15) is 4.79 Å². The molecule has 11 heteroatoms. The Kier molecular flexibility index (Phi) is 6.98. The maximum Gasteiger partial charge on any atom is 0.298 e. The molecule has 2 aromatic carbocycles. The van der Waals surface area contributed by atoms with E-state index in [1.54, 1.807) is 18.0 Å². The van der Waals surface area contributed by atoms with Gasteiger partial charge in [0, 0.05) is 54.1 Å². The molecule has 2 saturated heterocycles. The van der Waals surface area contributed by atoms with Gasteiger partial charge in [-0.05, 0) is 76.9 Å². The minimum atomic E-state index is -0.456. The number of amides is 1. The number of carbonyl (C=O) groups excluding carboxylic acids is 1. The van der Waals surface area contributed by atoms with Crippen molar-refractivity contribution in [3.63, 3.8) is 0 Å². The minimum absolute atomic E-state index is 0.0292. The summed E-state index contributed by atoms with van der Waals surface area (Å²) < 4.78 is 19.1. The number of hydrogen-bond donors (Lipinski definition) is 1. The number of likely N-dealkylation sites (tertiary alicyclic amines) is 1. The number of aromatic amines is 1. The van der Waals surface area contributed by atoms with Gasteiger partial charge in [-0.25, -0.2) is 9.37 Å². The van der Waals surface area contributed by atoms with E-state index >= 15 is 4.39 Å². The van der Waals surface area contributed by atoms with Crippen LogP contribution in [0, 0.1) is 31.5 Å². The summed E-state index contributed by atoms with van der Waals surface area (Å²) in [6, 6.07) is 4.28. The molecule has 44 heavy (non-hydrogen) atoms. The zero-order chi connectivity index (χ0) is 30.9. The zero-order valence-electron chi connectivity index (χ0n) is 25.5. The highest BCUT2D eigenvalue weighted by molar-refractivity contribution is 6.35. The second kappa shape index (κ2) is 10.8. The van der Waals surface area contributed by atoms with Gasteiger partial charge < -0.3 is 14.7 Å². The minimum Gasteiger partial charge on any atom is -0.353 e. The summed E-state index contributed by atoms with van der Waals surface area (Å²) in [6.07, 6.45) is 5.00. The fourth-order valence-corrected chi connectivity index (χ4v) is 7.00. The molecule has 0 unspecified atom stereocenters. The van der Waals surface area contributed by atoms with Crippen LogP contribution in [0.25, 0.3) is 43.8 Å². The Morgan fingerprint density at radius 2 is 1.84 bits per heavy atom. The standard InChI is InChI=1S/C33H34ClFN8O/c1-6-7-27(44)41-10-8-20(9-11-41)43-32-22-13-25(34)29(28-19(3)18(2)12-26-23(28)14-36-39-26)30(35)31(22)38-33(24(32)15-37-43)42-16-21(17-42)40(4)5/h12-15,20-21H,8-11,16-17H2,1-5H3,(H,36,39). The Balaban J connectivity index is 1.42. The van der Waals surface area contributed by atoms with Crippen molar-refractivity contribution in [3.8, 4) is 23.0 Å². The van der Waals surface area contributed by atoms with E-state index in [-0.39, 0.29) is 17.5 Å². The summed E-state index contributed by atoms with van der Waals surface area (Å²) in [6.45, 7) is 8.40. The molecule has 2 aliphatic heterocycles. The average molecular weight is 613 g/mol. The van der Waals surface area contributed by atoms with Crippen molar-refractivity contribution >= 4 is 56.0 Å². The lowest BCUT2D eigenvalue weighted by atomic mass is 9.92. The van der Waals surface area contributed by atoms with E-state index in [4.69, 9.17) is 21.7 Å². The first-order valence-electron chi connectivity index (χ1n) is 14.9. The number of anilines is 1. The molecule has 2 aliphatic rings. The predicted octanol–water partition coefficient (Wildman–Crippen LogP) is 5.47. The molecule has 9 nitrogen and oxygen atoms in total. The number of nitrogens with one attached hydrogen (secondary N) is 1. The predicted molar refractivity (Wildman–Crippen MR) is 173 cm³/mol. The SMILES string of the molecule is CC#CC(=O)N1CCC(n2ncc3c(N4CC(N(C)C)C4)nc4c(F)c(-c5c(C)c(C)cc6[nH]ncc56)c(Cl)cc4c32)CC1. The van der Waals surface area contributed by atoms with Crippen molar-refractivity contribution in [2.75, 3.05) is 45.2 Å². The highest BCUT2D eigenvalue weighted by Crippen LogP contribution is 2.44. The van der Waals surface area contributed by atoms with E-state index in [1.807, 2.05) is 36.9 Å². The van der Waals surface area contributed by atoms with Gasteiger partial charge in [0.15, 0.2) is 5.82 Å². The van der Waals surface area contributed by atoms with Crippen LogP contribution in [-0.2, 0) is 4.79 Å². The van der Waals surface area contributed by atoms with Gasteiger partial charge >= 0.3 is 0 Å². The van der Waals surface area contributed by atoms with Gasteiger partial charge in [-0.1, -0.05) is 17.5 Å². The molecule has 5 heterocycles. The molecule has 0 spiro atoms. The zero-order valence-corrected chi connectivity index (χ0v) is 26.3. The summed E-state index contributed by atoms with van der Waals surface area (Å²) in [7, 11) is 4.14. The summed E-state index contributed by atoms with van der Waals surface area (Å²) in [5, 5.41) is 14.7. The van der Waals surface area contributed by atoms with Crippen molar-refractivity contribution in [1.82, 2.24) is 34.8 Å². The van der Waals surface area contributed by atoms with Crippen LogP contribution in [0.2, 0.25) is 5.02 Å². The first-order valence-corrected chi connectivity index (χ1v) is 15.3. The third-order valence-corrected chi connectivity index (χ3v) is 9.74. The van der Waals surface area contributed by atoms with Gasteiger partial charge in [0.25, 0.3) is 5.91 Å². The summed E-state index contributed by atoms with van der Waals surface area (Å²) in [5.74, 6) is 5.47. The second-order valence-electron chi connectivity index (χ2n) is 12.2. The first kappa shape index (κ1) is 28.6. The van der Waals surface area contributed by atoms with Gasteiger partial charge in [-0.2, -0.15) is 10.2 Å². The van der Waals surface area contributed by atoms with Crippen LogP contribution in [-0.4, -0.2) is 87.0 Å². The van der Waals surface area contributed by atoms with Crippen LogP contribution in [0.4, 0.5) is 10.2 Å². The maximum absolute atomic E-state index is 17.1. The van der Waals surface area contributed by atoms with Crippen LogP contribution in [0.3, 0.4) is 0 Å². The fourth-order valence-electron chi connectivity index (χ4n) is 6.71. The van der Waals surface area contributed by atoms with Crippen molar-refractivity contribution in [2.24, 2.45) is 0 Å². The number of aryl methyl sites for hydroxylation is 1. The van der Waals surface area contributed by atoms with Crippen LogP contribution in [0.15, 0.2) is 24.5 Å². The second-order valence-corrected chi connectivity index (χ2v) is 12.6. The average Bonchev–Trinajstić information content (AvgIpc) is 3.62. The quantitative estimate of drug-likeness (QED) is 0.271. The summed E-state index contributed by atoms with van der Waals surface area (Å²) in [5.41, 5.74) is 4.92.